The first-order chi connectivity index (χ1) is 37.6. The first-order valence-electron chi connectivity index (χ1n) is 25.3. The SMILES string of the molecule is [C-]#[N+]c1c(-n2c3ccc(-n4c5ccccc5c5ccccc54)cc3c3c4oc5ccccc5c4ccc32)cc(C#N)cc1-n1c2ccc(-n3c4ccccc4c4ccccc43)cc2c2c3oc4ccccc4c3ccc21. The molecule has 0 saturated carbocycles. The number of aromatic nitrogens is 4. The van der Waals surface area contributed by atoms with Crippen molar-refractivity contribution < 1.29 is 8.83 Å². The van der Waals surface area contributed by atoms with Gasteiger partial charge >= 0.3 is 0 Å². The van der Waals surface area contributed by atoms with Crippen LogP contribution < -0.4 is 0 Å². The van der Waals surface area contributed by atoms with Crippen molar-refractivity contribution in [3.63, 3.8) is 0 Å². The van der Waals surface area contributed by atoms with Crippen molar-refractivity contribution in [3.8, 4) is 28.8 Å². The van der Waals surface area contributed by atoms with Crippen molar-refractivity contribution in [2.24, 2.45) is 0 Å². The fourth-order valence-corrected chi connectivity index (χ4v) is 12.9. The van der Waals surface area contributed by atoms with Gasteiger partial charge in [-0.15, -0.1) is 0 Å². The van der Waals surface area contributed by atoms with E-state index in [4.69, 9.17) is 8.83 Å². The van der Waals surface area contributed by atoms with Crippen LogP contribution in [-0.2, 0) is 0 Å². The summed E-state index contributed by atoms with van der Waals surface area (Å²) in [5.74, 6) is 0. The molecule has 0 saturated heterocycles. The van der Waals surface area contributed by atoms with E-state index in [1.54, 1.807) is 0 Å². The summed E-state index contributed by atoms with van der Waals surface area (Å²) >= 11 is 0. The number of nitrogens with zero attached hydrogens (tertiary/aromatic N) is 6. The van der Waals surface area contributed by atoms with Crippen molar-refractivity contribution in [1.82, 2.24) is 18.3 Å². The third-order valence-corrected chi connectivity index (χ3v) is 16.0. The van der Waals surface area contributed by atoms with E-state index < -0.39 is 0 Å². The van der Waals surface area contributed by atoms with Gasteiger partial charge in [-0.3, -0.25) is 0 Å². The summed E-state index contributed by atoms with van der Waals surface area (Å²) in [6.07, 6.45) is 0. The summed E-state index contributed by atoms with van der Waals surface area (Å²) in [7, 11) is 0. The maximum absolute atomic E-state index is 11.1. The summed E-state index contributed by atoms with van der Waals surface area (Å²) in [6, 6.07) is 78.4. The van der Waals surface area contributed by atoms with Gasteiger partial charge in [-0.25, -0.2) is 4.85 Å². The lowest BCUT2D eigenvalue weighted by Gasteiger charge is -2.17. The minimum absolute atomic E-state index is 0.393. The van der Waals surface area contributed by atoms with Crippen molar-refractivity contribution in [2.45, 2.75) is 0 Å². The molecule has 0 amide bonds. The Morgan fingerprint density at radius 1 is 0.342 bits per heavy atom. The van der Waals surface area contributed by atoms with Gasteiger partial charge in [0.25, 0.3) is 0 Å². The first-order valence-corrected chi connectivity index (χ1v) is 25.3. The zero-order valence-corrected chi connectivity index (χ0v) is 40.3. The Hall–Kier alpha value is -10.8. The zero-order chi connectivity index (χ0) is 49.9. The topological polar surface area (TPSA) is 74.2 Å². The third kappa shape index (κ3) is 5.28. The van der Waals surface area contributed by atoms with Crippen LogP contribution >= 0.6 is 0 Å². The number of para-hydroxylation sites is 6. The molecule has 6 aromatic heterocycles. The molecule has 0 spiro atoms. The van der Waals surface area contributed by atoms with Gasteiger partial charge in [-0.05, 0) is 109 Å². The highest BCUT2D eigenvalue weighted by Gasteiger charge is 2.27. The van der Waals surface area contributed by atoms with Crippen molar-refractivity contribution >= 4 is 137 Å². The van der Waals surface area contributed by atoms with Crippen LogP contribution in [0.4, 0.5) is 5.69 Å². The van der Waals surface area contributed by atoms with E-state index in [0.717, 1.165) is 121 Å². The summed E-state index contributed by atoms with van der Waals surface area (Å²) in [5.41, 5.74) is 15.0. The molecular formula is C68H36N6O2. The van der Waals surface area contributed by atoms with Gasteiger partial charge in [0.05, 0.1) is 84.5 Å². The first kappa shape index (κ1) is 40.8. The van der Waals surface area contributed by atoms with E-state index in [1.165, 1.54) is 21.5 Å². The predicted molar refractivity (Wildman–Crippen MR) is 309 cm³/mol. The average molecular weight is 969 g/mol. The van der Waals surface area contributed by atoms with E-state index in [1.807, 2.05) is 48.5 Å². The van der Waals surface area contributed by atoms with Gasteiger partial charge in [0.2, 0.25) is 5.69 Å². The highest BCUT2D eigenvalue weighted by atomic mass is 16.3. The molecule has 0 aliphatic carbocycles. The average Bonchev–Trinajstić information content (AvgIpc) is 4.35. The van der Waals surface area contributed by atoms with Crippen LogP contribution in [0.1, 0.15) is 5.56 Å². The molecule has 0 unspecified atom stereocenters. The van der Waals surface area contributed by atoms with E-state index in [9.17, 15) is 11.8 Å². The van der Waals surface area contributed by atoms with Crippen molar-refractivity contribution in [1.29, 1.82) is 5.26 Å². The van der Waals surface area contributed by atoms with Gasteiger partial charge < -0.3 is 27.1 Å². The lowest BCUT2D eigenvalue weighted by atomic mass is 10.1. The predicted octanol–water partition coefficient (Wildman–Crippen LogP) is 18.3. The molecule has 0 radical (unpaired) electrons. The smallest absolute Gasteiger partial charge is 0.234 e. The Labute approximate surface area is 431 Å². The molecule has 0 fully saturated rings. The monoisotopic (exact) mass is 968 g/mol. The Morgan fingerprint density at radius 2 is 0.697 bits per heavy atom. The fourth-order valence-electron chi connectivity index (χ4n) is 12.9. The summed E-state index contributed by atoms with van der Waals surface area (Å²) < 4.78 is 22.7. The van der Waals surface area contributed by atoms with Crippen molar-refractivity contribution in [2.75, 3.05) is 0 Å². The van der Waals surface area contributed by atoms with Crippen LogP contribution in [0, 0.1) is 17.9 Å². The van der Waals surface area contributed by atoms with E-state index in [-0.39, 0.29) is 0 Å². The number of furan rings is 2. The van der Waals surface area contributed by atoms with Crippen molar-refractivity contribution in [3.05, 3.63) is 235 Å². The van der Waals surface area contributed by atoms with Crippen LogP contribution in [0.3, 0.4) is 0 Å². The van der Waals surface area contributed by atoms with Crippen LogP contribution in [-0.4, -0.2) is 18.3 Å². The van der Waals surface area contributed by atoms with Gasteiger partial charge in [-0.1, -0.05) is 109 Å². The third-order valence-electron chi connectivity index (χ3n) is 16.0. The molecule has 17 rings (SSSR count). The molecule has 8 nitrogen and oxygen atoms in total. The van der Waals surface area contributed by atoms with Gasteiger partial charge in [0, 0.05) is 65.2 Å². The van der Waals surface area contributed by atoms with Crippen LogP contribution in [0.2, 0.25) is 0 Å². The highest BCUT2D eigenvalue weighted by Crippen LogP contribution is 2.48. The molecule has 0 aliphatic rings. The molecule has 0 N–H and O–H groups in total. The quantitative estimate of drug-likeness (QED) is 0.165. The molecule has 6 heterocycles. The standard InChI is InChI=1S/C68H36N6O2/c1-70-66-60(73-56-30-26-40(71-52-20-8-2-14-42(52)43-15-3-9-21-53(43)71)36-50(56)64-58(73)32-28-48-46-18-6-12-24-62(46)75-67(48)64)34-39(38-69)35-61(66)74-57-31-27-41(72-54-22-10-4-16-44(54)45-17-5-11-23-55(45)72)37-51(57)65-59(74)33-29-49-47-19-7-13-25-63(47)76-68(49)65/h2-37H. The molecule has 0 atom stereocenters. The molecule has 8 heteroatoms. The highest BCUT2D eigenvalue weighted by molar-refractivity contribution is 6.26. The van der Waals surface area contributed by atoms with Gasteiger partial charge in [0.15, 0.2) is 0 Å². The summed E-state index contributed by atoms with van der Waals surface area (Å²) in [4.78, 5) is 4.48. The number of rotatable bonds is 4. The summed E-state index contributed by atoms with van der Waals surface area (Å²) in [6.45, 7) is 9.23. The summed E-state index contributed by atoms with van der Waals surface area (Å²) in [5, 5.41) is 23.6. The lowest BCUT2D eigenvalue weighted by Crippen LogP contribution is -2.02. The molecule has 0 bridgehead atoms. The second kappa shape index (κ2) is 14.9. The number of fused-ring (bicyclic) bond motifs is 20. The van der Waals surface area contributed by atoms with E-state index in [0.29, 0.717) is 22.6 Å². The van der Waals surface area contributed by atoms with Gasteiger partial charge in [-0.2, -0.15) is 5.26 Å². The normalized spacial score (nSPS) is 12.2. The Kier molecular flexibility index (Phi) is 7.99. The minimum Gasteiger partial charge on any atom is -0.455 e. The van der Waals surface area contributed by atoms with Crippen LogP contribution in [0.5, 0.6) is 0 Å². The molecule has 0 aliphatic heterocycles. The minimum atomic E-state index is 0.393. The number of hydrogen-bond donors (Lipinski definition) is 0. The number of hydrogen-bond acceptors (Lipinski definition) is 3. The second-order valence-electron chi connectivity index (χ2n) is 19.8. The largest absolute Gasteiger partial charge is 0.455 e. The Morgan fingerprint density at radius 3 is 1.09 bits per heavy atom. The van der Waals surface area contributed by atoms with Gasteiger partial charge in [0.1, 0.15) is 22.3 Å². The maximum atomic E-state index is 11.1. The van der Waals surface area contributed by atoms with E-state index >= 15 is 0 Å². The van der Waals surface area contributed by atoms with E-state index in [2.05, 4.69) is 199 Å². The molecular weight excluding hydrogens is 933 g/mol. The molecule has 76 heavy (non-hydrogen) atoms. The Bertz CT molecular complexity index is 5090. The molecule has 17 aromatic rings. The second-order valence-corrected chi connectivity index (χ2v) is 19.8. The maximum Gasteiger partial charge on any atom is 0.234 e. The molecule has 11 aromatic carbocycles. The number of nitriles is 1. The molecule has 350 valence electrons. The lowest BCUT2D eigenvalue weighted by molar-refractivity contribution is 0.672. The Balaban J connectivity index is 0.979. The number of benzene rings is 11. The van der Waals surface area contributed by atoms with Crippen LogP contribution in [0.15, 0.2) is 227 Å². The van der Waals surface area contributed by atoms with Crippen LogP contribution in [0.25, 0.3) is 159 Å². The zero-order valence-electron chi connectivity index (χ0n) is 40.3. The fraction of sp³-hybridized carbons (Fsp3) is 0.